The van der Waals surface area contributed by atoms with Gasteiger partial charge in [0.25, 0.3) is 0 Å². The van der Waals surface area contributed by atoms with Crippen molar-refractivity contribution in [3.05, 3.63) is 0 Å². The second-order valence-electron chi connectivity index (χ2n) is 10.4. The number of halogens is 3. The fraction of sp³-hybridized carbons (Fsp3) is 1.00. The first kappa shape index (κ1) is 25.6. The van der Waals surface area contributed by atoms with E-state index in [0.717, 1.165) is 50.6 Å². The van der Waals surface area contributed by atoms with Crippen molar-refractivity contribution in [1.82, 2.24) is 26.2 Å². The number of likely N-dealkylation sites (tertiary alicyclic amines) is 1. The summed E-state index contributed by atoms with van der Waals surface area (Å²) in [6, 6.07) is 0. The van der Waals surface area contributed by atoms with Crippen molar-refractivity contribution in [3.8, 4) is 0 Å². The number of hydrogen-bond donors (Lipinski definition) is 4. The van der Waals surface area contributed by atoms with Gasteiger partial charge in [-0.05, 0) is 50.9 Å². The maximum Gasteiger partial charge on any atom is 0.411 e. The number of piperidine rings is 1. The van der Waals surface area contributed by atoms with Gasteiger partial charge >= 0.3 is 6.18 Å². The summed E-state index contributed by atoms with van der Waals surface area (Å²) in [7, 11) is 0. The Balaban J connectivity index is 1.27. The van der Waals surface area contributed by atoms with Gasteiger partial charge in [0, 0.05) is 19.6 Å². The van der Waals surface area contributed by atoms with Crippen LogP contribution in [0.1, 0.15) is 71.1 Å². The molecule has 0 bridgehead atoms. The molecule has 192 valence electrons. The fourth-order valence-corrected chi connectivity index (χ4v) is 5.83. The Morgan fingerprint density at radius 2 is 1.67 bits per heavy atom. The van der Waals surface area contributed by atoms with Crippen LogP contribution in [0.2, 0.25) is 0 Å². The normalized spacial score (nSPS) is 35.8. The summed E-state index contributed by atoms with van der Waals surface area (Å²) >= 11 is 0. The summed E-state index contributed by atoms with van der Waals surface area (Å²) < 4.78 is 49.2. The highest BCUT2D eigenvalue weighted by atomic mass is 19.4. The molecule has 0 aromatic carbocycles. The van der Waals surface area contributed by atoms with Crippen LogP contribution in [-0.2, 0) is 9.47 Å². The van der Waals surface area contributed by atoms with E-state index < -0.39 is 19.1 Å². The van der Waals surface area contributed by atoms with Gasteiger partial charge in [-0.25, -0.2) is 0 Å². The van der Waals surface area contributed by atoms with E-state index in [1.165, 1.54) is 38.5 Å². The van der Waals surface area contributed by atoms with Gasteiger partial charge in [-0.3, -0.25) is 26.2 Å². The van der Waals surface area contributed by atoms with E-state index in [-0.39, 0.29) is 24.8 Å². The first-order valence-corrected chi connectivity index (χ1v) is 12.9. The van der Waals surface area contributed by atoms with Gasteiger partial charge in [-0.2, -0.15) is 13.2 Å². The molecule has 7 nitrogen and oxygen atoms in total. The van der Waals surface area contributed by atoms with Crippen LogP contribution >= 0.6 is 0 Å². The summed E-state index contributed by atoms with van der Waals surface area (Å²) in [5.41, 5.74) is 0. The second kappa shape index (κ2) is 12.0. The molecule has 3 aliphatic heterocycles. The highest BCUT2D eigenvalue weighted by molar-refractivity contribution is 4.84. The molecule has 1 aliphatic carbocycles. The zero-order chi connectivity index (χ0) is 23.3. The highest BCUT2D eigenvalue weighted by Gasteiger charge is 2.36. The molecule has 33 heavy (non-hydrogen) atoms. The molecule has 5 unspecified atom stereocenters. The predicted molar refractivity (Wildman–Crippen MR) is 120 cm³/mol. The minimum atomic E-state index is -4.36. The van der Waals surface area contributed by atoms with E-state index in [0.29, 0.717) is 6.54 Å². The molecule has 0 spiro atoms. The summed E-state index contributed by atoms with van der Waals surface area (Å²) in [5.74, 6) is 1.65. The van der Waals surface area contributed by atoms with Gasteiger partial charge in [0.15, 0.2) is 6.35 Å². The van der Waals surface area contributed by atoms with Gasteiger partial charge in [-0.15, -0.1) is 0 Å². The largest absolute Gasteiger partial charge is 0.411 e. The number of hydrogen-bond acceptors (Lipinski definition) is 7. The third kappa shape index (κ3) is 8.30. The van der Waals surface area contributed by atoms with Crippen LogP contribution in [0.5, 0.6) is 0 Å². The zero-order valence-corrected chi connectivity index (χ0v) is 19.8. The smallest absolute Gasteiger partial charge is 0.374 e. The Hall–Kier alpha value is -0.490. The van der Waals surface area contributed by atoms with Crippen LogP contribution in [0.4, 0.5) is 13.2 Å². The molecule has 10 heteroatoms. The van der Waals surface area contributed by atoms with Crippen LogP contribution in [0.25, 0.3) is 0 Å². The Bertz CT molecular complexity index is 585. The third-order valence-corrected chi connectivity index (χ3v) is 7.64. The third-order valence-electron chi connectivity index (χ3n) is 7.64. The summed E-state index contributed by atoms with van der Waals surface area (Å²) in [6.07, 6.45) is 7.08. The fourth-order valence-electron chi connectivity index (χ4n) is 5.83. The first-order chi connectivity index (χ1) is 15.8. The van der Waals surface area contributed by atoms with E-state index in [2.05, 4.69) is 33.1 Å². The molecule has 4 N–H and O–H groups in total. The molecule has 4 aliphatic rings. The van der Waals surface area contributed by atoms with E-state index in [9.17, 15) is 13.2 Å². The molecule has 1 saturated carbocycles. The topological polar surface area (TPSA) is 69.8 Å². The lowest BCUT2D eigenvalue weighted by molar-refractivity contribution is -0.202. The van der Waals surface area contributed by atoms with Gasteiger partial charge in [0.05, 0.1) is 12.2 Å². The number of ether oxygens (including phenoxy) is 2. The lowest BCUT2D eigenvalue weighted by Gasteiger charge is -2.46. The van der Waals surface area contributed by atoms with Crippen LogP contribution in [0.3, 0.4) is 0 Å². The van der Waals surface area contributed by atoms with Crippen molar-refractivity contribution in [3.63, 3.8) is 0 Å². The van der Waals surface area contributed by atoms with Crippen molar-refractivity contribution in [2.75, 3.05) is 26.2 Å². The molecule has 4 fully saturated rings. The van der Waals surface area contributed by atoms with Gasteiger partial charge in [0.1, 0.15) is 19.2 Å². The van der Waals surface area contributed by atoms with Crippen LogP contribution in [0.15, 0.2) is 0 Å². The van der Waals surface area contributed by atoms with Gasteiger partial charge < -0.3 is 9.47 Å². The standard InChI is InChI=1S/C23H42F3N5O2/c1-16-7-8-19(33-16)14-27-20-28-21(30-22(29-20)32-15-23(24,25)26)31-11-9-18(10-12-31)13-17-5-3-2-4-6-17/h16-22,27-30H,2-15H2,1H3. The molecular weight excluding hydrogens is 435 g/mol. The molecule has 0 aromatic rings. The van der Waals surface area contributed by atoms with Gasteiger partial charge in [0.2, 0.25) is 0 Å². The minimum absolute atomic E-state index is 0.127. The Labute approximate surface area is 195 Å². The Morgan fingerprint density at radius 1 is 0.939 bits per heavy atom. The van der Waals surface area contributed by atoms with E-state index in [1.807, 2.05) is 0 Å². The Kier molecular flexibility index (Phi) is 9.28. The van der Waals surface area contributed by atoms with E-state index >= 15 is 0 Å². The van der Waals surface area contributed by atoms with Crippen molar-refractivity contribution in [1.29, 1.82) is 0 Å². The SMILES string of the molecule is CC1CCC(CNC2NC(OCC(F)(F)F)NC(N3CCC(CC4CCCCC4)CC3)N2)O1. The predicted octanol–water partition coefficient (Wildman–Crippen LogP) is 3.04. The molecular formula is C23H42F3N5O2. The number of alkyl halides is 3. The van der Waals surface area contributed by atoms with Crippen molar-refractivity contribution in [2.24, 2.45) is 11.8 Å². The zero-order valence-electron chi connectivity index (χ0n) is 19.8. The van der Waals surface area contributed by atoms with Crippen molar-refractivity contribution < 1.29 is 22.6 Å². The molecule has 3 heterocycles. The molecule has 5 atom stereocenters. The van der Waals surface area contributed by atoms with Crippen LogP contribution in [0, 0.1) is 11.8 Å². The molecule has 3 saturated heterocycles. The quantitative estimate of drug-likeness (QED) is 0.429. The van der Waals surface area contributed by atoms with Crippen LogP contribution < -0.4 is 21.3 Å². The summed E-state index contributed by atoms with van der Waals surface area (Å²) in [5, 5.41) is 13.0. The monoisotopic (exact) mass is 477 g/mol. The van der Waals surface area contributed by atoms with Crippen LogP contribution in [-0.4, -0.2) is 68.5 Å². The van der Waals surface area contributed by atoms with E-state index in [1.54, 1.807) is 0 Å². The first-order valence-electron chi connectivity index (χ1n) is 12.9. The number of nitrogens with zero attached hydrogens (tertiary/aromatic N) is 1. The lowest BCUT2D eigenvalue weighted by Crippen LogP contribution is -2.76. The maximum atomic E-state index is 12.7. The molecule has 0 aromatic heterocycles. The maximum absolute atomic E-state index is 12.7. The summed E-state index contributed by atoms with van der Waals surface area (Å²) in [6.45, 7) is 3.28. The molecule has 0 radical (unpaired) electrons. The molecule has 0 amide bonds. The minimum Gasteiger partial charge on any atom is -0.374 e. The summed E-state index contributed by atoms with van der Waals surface area (Å²) in [4.78, 5) is 2.30. The second-order valence-corrected chi connectivity index (χ2v) is 10.4. The average Bonchev–Trinajstić information content (AvgIpc) is 3.22. The number of nitrogens with one attached hydrogen (secondary N) is 4. The van der Waals surface area contributed by atoms with Gasteiger partial charge in [-0.1, -0.05) is 32.1 Å². The Morgan fingerprint density at radius 3 is 2.33 bits per heavy atom. The van der Waals surface area contributed by atoms with Crippen molar-refractivity contribution in [2.45, 2.75) is 108 Å². The number of rotatable bonds is 8. The molecule has 4 rings (SSSR count). The van der Waals surface area contributed by atoms with Crippen molar-refractivity contribution >= 4 is 0 Å². The highest BCUT2D eigenvalue weighted by Crippen LogP contribution is 2.33. The average molecular weight is 478 g/mol. The van der Waals surface area contributed by atoms with E-state index in [4.69, 9.17) is 9.47 Å². The lowest BCUT2D eigenvalue weighted by atomic mass is 9.80.